The van der Waals surface area contributed by atoms with Gasteiger partial charge in [0.05, 0.1) is 12.3 Å². The Morgan fingerprint density at radius 1 is 1.08 bits per heavy atom. The molecule has 2 aromatic rings. The number of hydroxylamine groups is 1. The maximum Gasteiger partial charge on any atom is 0.212 e. The minimum absolute atomic E-state index is 0.0554. The first-order valence-electron chi connectivity index (χ1n) is 8.29. The molecule has 1 atom stereocenters. The minimum Gasteiger partial charge on any atom is -0.366 e. The molecule has 3 N–H and O–H groups in total. The highest BCUT2D eigenvalue weighted by Gasteiger charge is 2.46. The fraction of sp³-hybridized carbons (Fsp3) is 0.333. The standard InChI is InChI=1S/C18H23N3O3S/c22-20-18(25(23,24)14-11-16-7-3-1-4-8-16)15-21(13-12-19-18)17-9-5-2-6-10-17/h1-10,19-20,22H,11-15H2. The third-order valence-corrected chi connectivity index (χ3v) is 6.71. The molecule has 0 bridgehead atoms. The van der Waals surface area contributed by atoms with Gasteiger partial charge in [-0.05, 0) is 24.1 Å². The molecule has 0 saturated carbocycles. The number of para-hydroxylation sites is 1. The molecule has 1 fully saturated rings. The molecule has 1 aliphatic rings. The van der Waals surface area contributed by atoms with Crippen molar-refractivity contribution in [3.63, 3.8) is 0 Å². The highest BCUT2D eigenvalue weighted by atomic mass is 32.2. The van der Waals surface area contributed by atoms with E-state index in [0.717, 1.165) is 11.3 Å². The van der Waals surface area contributed by atoms with Gasteiger partial charge in [-0.15, -0.1) is 0 Å². The van der Waals surface area contributed by atoms with Crippen molar-refractivity contribution in [3.05, 3.63) is 66.2 Å². The predicted molar refractivity (Wildman–Crippen MR) is 98.2 cm³/mol. The lowest BCUT2D eigenvalue weighted by atomic mass is 10.2. The molecule has 0 radical (unpaired) electrons. The van der Waals surface area contributed by atoms with Gasteiger partial charge in [0.15, 0.2) is 9.84 Å². The lowest BCUT2D eigenvalue weighted by Gasteiger charge is -2.42. The molecule has 6 nitrogen and oxygen atoms in total. The van der Waals surface area contributed by atoms with Crippen LogP contribution in [0.1, 0.15) is 5.56 Å². The predicted octanol–water partition coefficient (Wildman–Crippen LogP) is 1.39. The first-order chi connectivity index (χ1) is 12.1. The molecule has 25 heavy (non-hydrogen) atoms. The molecule has 1 unspecified atom stereocenters. The molecular formula is C18H23N3O3S. The number of nitrogens with zero attached hydrogens (tertiary/aromatic N) is 1. The first-order valence-corrected chi connectivity index (χ1v) is 9.94. The number of aryl methyl sites for hydroxylation is 1. The Morgan fingerprint density at radius 2 is 1.72 bits per heavy atom. The summed E-state index contributed by atoms with van der Waals surface area (Å²) in [6.07, 6.45) is 0.402. The Bertz CT molecular complexity index is 784. The van der Waals surface area contributed by atoms with Crippen LogP contribution in [-0.4, -0.2) is 44.0 Å². The fourth-order valence-electron chi connectivity index (χ4n) is 3.08. The summed E-state index contributed by atoms with van der Waals surface area (Å²) in [5.74, 6) is -0.0554. The second kappa shape index (κ2) is 7.53. The number of sulfone groups is 1. The quantitative estimate of drug-likeness (QED) is 0.675. The highest BCUT2D eigenvalue weighted by molar-refractivity contribution is 7.92. The van der Waals surface area contributed by atoms with E-state index in [4.69, 9.17) is 0 Å². The van der Waals surface area contributed by atoms with E-state index < -0.39 is 14.8 Å². The van der Waals surface area contributed by atoms with E-state index in [0.29, 0.717) is 19.5 Å². The van der Waals surface area contributed by atoms with Crippen LogP contribution in [0.5, 0.6) is 0 Å². The van der Waals surface area contributed by atoms with Crippen molar-refractivity contribution in [1.82, 2.24) is 10.8 Å². The van der Waals surface area contributed by atoms with Crippen LogP contribution in [0.2, 0.25) is 0 Å². The van der Waals surface area contributed by atoms with Gasteiger partial charge in [0, 0.05) is 18.8 Å². The zero-order valence-corrected chi connectivity index (χ0v) is 14.7. The summed E-state index contributed by atoms with van der Waals surface area (Å²) < 4.78 is 26.0. The zero-order chi connectivity index (χ0) is 17.8. The Labute approximate surface area is 148 Å². The normalized spacial score (nSPS) is 21.2. The molecule has 2 aromatic carbocycles. The summed E-state index contributed by atoms with van der Waals surface area (Å²) in [5, 5.41) is 12.7. The second-order valence-electron chi connectivity index (χ2n) is 6.18. The molecule has 7 heteroatoms. The van der Waals surface area contributed by atoms with Gasteiger partial charge >= 0.3 is 0 Å². The third kappa shape index (κ3) is 3.85. The van der Waals surface area contributed by atoms with Crippen LogP contribution in [0.3, 0.4) is 0 Å². The molecule has 3 rings (SSSR count). The fourth-order valence-corrected chi connectivity index (χ4v) is 4.75. The summed E-state index contributed by atoms with van der Waals surface area (Å²) in [5.41, 5.74) is 3.94. The van der Waals surface area contributed by atoms with Crippen molar-refractivity contribution >= 4 is 15.5 Å². The maximum absolute atomic E-state index is 13.0. The van der Waals surface area contributed by atoms with Crippen LogP contribution in [0, 0.1) is 0 Å². The number of rotatable bonds is 6. The van der Waals surface area contributed by atoms with E-state index in [1.807, 2.05) is 65.6 Å². The van der Waals surface area contributed by atoms with Gasteiger partial charge in [0.1, 0.15) is 0 Å². The van der Waals surface area contributed by atoms with Crippen molar-refractivity contribution in [2.24, 2.45) is 0 Å². The molecule has 0 aliphatic carbocycles. The van der Waals surface area contributed by atoms with E-state index >= 15 is 0 Å². The minimum atomic E-state index is -3.65. The topological polar surface area (TPSA) is 81.7 Å². The summed E-state index contributed by atoms with van der Waals surface area (Å²) >= 11 is 0. The summed E-state index contributed by atoms with van der Waals surface area (Å²) in [4.78, 5) is 0.385. The molecule has 1 saturated heterocycles. The molecule has 0 amide bonds. The van der Waals surface area contributed by atoms with Crippen molar-refractivity contribution in [1.29, 1.82) is 0 Å². The number of hydrogen-bond acceptors (Lipinski definition) is 6. The third-order valence-electron chi connectivity index (χ3n) is 4.54. The van der Waals surface area contributed by atoms with Crippen LogP contribution in [0.25, 0.3) is 0 Å². The largest absolute Gasteiger partial charge is 0.366 e. The van der Waals surface area contributed by atoms with Gasteiger partial charge in [0.2, 0.25) is 4.99 Å². The van der Waals surface area contributed by atoms with Crippen LogP contribution >= 0.6 is 0 Å². The van der Waals surface area contributed by atoms with Crippen molar-refractivity contribution < 1.29 is 13.6 Å². The summed E-state index contributed by atoms with van der Waals surface area (Å²) in [6.45, 7) is 1.25. The van der Waals surface area contributed by atoms with E-state index in [2.05, 4.69) is 10.8 Å². The van der Waals surface area contributed by atoms with E-state index in [1.165, 1.54) is 0 Å². The number of hydrogen-bond donors (Lipinski definition) is 3. The van der Waals surface area contributed by atoms with Crippen LogP contribution in [0.15, 0.2) is 60.7 Å². The molecule has 0 aromatic heterocycles. The average molecular weight is 361 g/mol. The average Bonchev–Trinajstić information content (AvgIpc) is 2.68. The van der Waals surface area contributed by atoms with Gasteiger partial charge in [-0.3, -0.25) is 5.32 Å². The molecule has 134 valence electrons. The Morgan fingerprint density at radius 3 is 2.36 bits per heavy atom. The zero-order valence-electron chi connectivity index (χ0n) is 13.9. The molecule has 1 heterocycles. The summed E-state index contributed by atoms with van der Waals surface area (Å²) in [6, 6.07) is 19.1. The number of benzene rings is 2. The SMILES string of the molecule is O=S(=O)(CCc1ccccc1)C1(NO)CN(c2ccccc2)CCN1. The van der Waals surface area contributed by atoms with Crippen molar-refractivity contribution in [3.8, 4) is 0 Å². The number of piperazine rings is 1. The Balaban J connectivity index is 1.78. The van der Waals surface area contributed by atoms with Crippen molar-refractivity contribution in [2.45, 2.75) is 11.4 Å². The van der Waals surface area contributed by atoms with E-state index in [1.54, 1.807) is 0 Å². The summed E-state index contributed by atoms with van der Waals surface area (Å²) in [7, 11) is -3.65. The molecule has 0 spiro atoms. The highest BCUT2D eigenvalue weighted by Crippen LogP contribution is 2.23. The van der Waals surface area contributed by atoms with Gasteiger partial charge < -0.3 is 10.1 Å². The van der Waals surface area contributed by atoms with Crippen molar-refractivity contribution in [2.75, 3.05) is 30.3 Å². The van der Waals surface area contributed by atoms with Gasteiger partial charge in [-0.25, -0.2) is 8.42 Å². The second-order valence-corrected chi connectivity index (χ2v) is 8.51. The number of nitrogens with one attached hydrogen (secondary N) is 2. The lowest BCUT2D eigenvalue weighted by Crippen LogP contribution is -2.71. The molecule has 1 aliphatic heterocycles. The monoisotopic (exact) mass is 361 g/mol. The van der Waals surface area contributed by atoms with Gasteiger partial charge in [0.25, 0.3) is 0 Å². The molecular weight excluding hydrogens is 338 g/mol. The number of anilines is 1. The maximum atomic E-state index is 13.0. The smallest absolute Gasteiger partial charge is 0.212 e. The van der Waals surface area contributed by atoms with E-state index in [9.17, 15) is 13.6 Å². The van der Waals surface area contributed by atoms with Crippen LogP contribution in [0.4, 0.5) is 5.69 Å². The lowest BCUT2D eigenvalue weighted by molar-refractivity contribution is 0.0830. The van der Waals surface area contributed by atoms with Crippen LogP contribution < -0.4 is 15.7 Å². The van der Waals surface area contributed by atoms with Gasteiger partial charge in [-0.2, -0.15) is 5.48 Å². The van der Waals surface area contributed by atoms with Gasteiger partial charge in [-0.1, -0.05) is 48.5 Å². The Kier molecular flexibility index (Phi) is 5.39. The Hall–Kier alpha value is -1.93. The van der Waals surface area contributed by atoms with E-state index in [-0.39, 0.29) is 12.3 Å². The first kappa shape index (κ1) is 17.9. The van der Waals surface area contributed by atoms with Crippen LogP contribution in [-0.2, 0) is 16.3 Å².